The van der Waals surface area contributed by atoms with Crippen molar-refractivity contribution in [3.8, 4) is 5.75 Å². The lowest BCUT2D eigenvalue weighted by atomic mass is 10.1. The van der Waals surface area contributed by atoms with Crippen LogP contribution in [0.15, 0.2) is 30.3 Å². The number of carbonyl (C=O) groups is 3. The number of rotatable bonds is 23. The Kier molecular flexibility index (Phi) is 39.7. The molecule has 1 aromatic rings. The quantitative estimate of drug-likeness (QED) is 0.0584. The second-order valence-electron chi connectivity index (χ2n) is 10.4. The minimum Gasteiger partial charge on any atom is -0.481 e. The van der Waals surface area contributed by atoms with Crippen LogP contribution in [-0.2, 0) is 14.4 Å². The largest absolute Gasteiger partial charge is 0.481 e. The Balaban J connectivity index is -0.000000496. The molecule has 0 aliphatic carbocycles. The van der Waals surface area contributed by atoms with Gasteiger partial charge in [0.2, 0.25) is 0 Å². The molecule has 0 radical (unpaired) electrons. The topological polar surface area (TPSA) is 162 Å². The number of carboxylic acids is 3. The van der Waals surface area contributed by atoms with Gasteiger partial charge < -0.3 is 29.6 Å². The molecule has 0 aromatic heterocycles. The highest BCUT2D eigenvalue weighted by Gasteiger charge is 1.99. The van der Waals surface area contributed by atoms with Crippen molar-refractivity contribution in [1.82, 2.24) is 0 Å². The number of aliphatic carboxylic acids is 3. The van der Waals surface area contributed by atoms with Gasteiger partial charge in [0, 0.05) is 19.3 Å². The van der Waals surface area contributed by atoms with Crippen LogP contribution >= 0.6 is 8.60 Å². The summed E-state index contributed by atoms with van der Waals surface area (Å²) in [5, 5.41) is 24.9. The molecular weight excluding hydrogens is 571 g/mol. The van der Waals surface area contributed by atoms with E-state index in [-0.39, 0.29) is 0 Å². The Bertz CT molecular complexity index is 669. The fourth-order valence-electron chi connectivity index (χ4n) is 3.75. The first kappa shape index (κ1) is 45.2. The van der Waals surface area contributed by atoms with E-state index < -0.39 is 26.5 Å². The van der Waals surface area contributed by atoms with Crippen molar-refractivity contribution in [3.63, 3.8) is 0 Å². The van der Waals surface area contributed by atoms with Crippen molar-refractivity contribution >= 4 is 26.5 Å². The summed E-state index contributed by atoms with van der Waals surface area (Å²) in [5.74, 6) is -1.53. The van der Waals surface area contributed by atoms with Crippen molar-refractivity contribution in [1.29, 1.82) is 0 Å². The highest BCUT2D eigenvalue weighted by Crippen LogP contribution is 2.27. The summed E-state index contributed by atoms with van der Waals surface area (Å²) in [7, 11) is -2.28. The molecule has 0 saturated carbocycles. The maximum atomic E-state index is 10.1. The second kappa shape index (κ2) is 37.8. The fraction of sp³-hybridized carbons (Fsp3) is 0.727. The van der Waals surface area contributed by atoms with E-state index in [1.807, 2.05) is 6.07 Å². The molecule has 5 N–H and O–H groups in total. The molecule has 0 unspecified atom stereocenters. The molecule has 0 aliphatic rings. The predicted octanol–water partition coefficient (Wildman–Crippen LogP) is 9.74. The van der Waals surface area contributed by atoms with Crippen LogP contribution in [0.5, 0.6) is 5.75 Å². The van der Waals surface area contributed by atoms with Crippen LogP contribution in [0.25, 0.3) is 0 Å². The molecule has 0 aliphatic heterocycles. The number of carboxylic acid groups (broad SMARTS) is 3. The molecule has 252 valence electrons. The summed E-state index contributed by atoms with van der Waals surface area (Å²) in [6.07, 6.45) is 21.8. The van der Waals surface area contributed by atoms with Gasteiger partial charge >= 0.3 is 26.5 Å². The Morgan fingerprint density at radius 1 is 0.512 bits per heavy atom. The molecule has 0 fully saturated rings. The van der Waals surface area contributed by atoms with Crippen molar-refractivity contribution in [2.45, 2.75) is 156 Å². The third kappa shape index (κ3) is 49.8. The normalized spacial score (nSPS) is 9.91. The lowest BCUT2D eigenvalue weighted by molar-refractivity contribution is -0.138. The van der Waals surface area contributed by atoms with Gasteiger partial charge in [-0.1, -0.05) is 135 Å². The van der Waals surface area contributed by atoms with Gasteiger partial charge in [0.25, 0.3) is 0 Å². The average molecular weight is 633 g/mol. The third-order valence-electron chi connectivity index (χ3n) is 6.16. The van der Waals surface area contributed by atoms with E-state index in [2.05, 4.69) is 25.3 Å². The molecule has 1 aromatic carbocycles. The van der Waals surface area contributed by atoms with Crippen LogP contribution in [0.4, 0.5) is 0 Å². The van der Waals surface area contributed by atoms with Gasteiger partial charge in [0.05, 0.1) is 0 Å². The summed E-state index contributed by atoms with van der Waals surface area (Å²) in [6, 6.07) is 8.65. The molecule has 1 rings (SSSR count). The van der Waals surface area contributed by atoms with Gasteiger partial charge in [-0.3, -0.25) is 14.4 Å². The van der Waals surface area contributed by atoms with Gasteiger partial charge in [-0.25, -0.2) is 0 Å². The zero-order chi connectivity index (χ0) is 33.0. The number of unbranched alkanes of at least 4 members (excludes halogenated alkanes) is 15. The van der Waals surface area contributed by atoms with Crippen LogP contribution in [0.2, 0.25) is 0 Å². The highest BCUT2D eigenvalue weighted by molar-refractivity contribution is 7.39. The zero-order valence-corrected chi connectivity index (χ0v) is 27.9. The lowest BCUT2D eigenvalue weighted by Gasteiger charge is -2.02. The number of hydrogen-bond acceptors (Lipinski definition) is 6. The minimum absolute atomic E-state index is 0.339. The summed E-state index contributed by atoms with van der Waals surface area (Å²) >= 11 is 0. The van der Waals surface area contributed by atoms with E-state index >= 15 is 0 Å². The van der Waals surface area contributed by atoms with E-state index in [0.717, 1.165) is 38.5 Å². The van der Waals surface area contributed by atoms with Crippen molar-refractivity contribution < 1.29 is 44.0 Å². The lowest BCUT2D eigenvalue weighted by Crippen LogP contribution is -1.93. The number of benzene rings is 1. The fourth-order valence-corrected chi connectivity index (χ4v) is 4.06. The van der Waals surface area contributed by atoms with Gasteiger partial charge in [0.15, 0.2) is 0 Å². The van der Waals surface area contributed by atoms with Crippen molar-refractivity contribution in [2.75, 3.05) is 0 Å². The molecular formula is C33H61O9P. The third-order valence-corrected chi connectivity index (χ3v) is 6.54. The molecule has 0 bridgehead atoms. The summed E-state index contributed by atoms with van der Waals surface area (Å²) in [5.41, 5.74) is 0. The van der Waals surface area contributed by atoms with Crippen LogP contribution in [-0.4, -0.2) is 43.0 Å². The zero-order valence-electron chi connectivity index (χ0n) is 27.1. The van der Waals surface area contributed by atoms with Gasteiger partial charge in [0.1, 0.15) is 5.75 Å². The van der Waals surface area contributed by atoms with Gasteiger partial charge in [-0.05, 0) is 31.4 Å². The number of hydrogen-bond donors (Lipinski definition) is 5. The van der Waals surface area contributed by atoms with Crippen LogP contribution in [0.1, 0.15) is 156 Å². The molecule has 0 saturated heterocycles. The first-order valence-electron chi connectivity index (χ1n) is 16.2. The Morgan fingerprint density at radius 3 is 1.05 bits per heavy atom. The van der Waals surface area contributed by atoms with E-state index in [1.165, 1.54) is 77.0 Å². The van der Waals surface area contributed by atoms with Crippen molar-refractivity contribution in [3.05, 3.63) is 30.3 Å². The minimum atomic E-state index is -2.28. The monoisotopic (exact) mass is 632 g/mol. The van der Waals surface area contributed by atoms with Crippen LogP contribution in [0, 0.1) is 0 Å². The molecule has 0 spiro atoms. The maximum absolute atomic E-state index is 10.1. The Hall–Kier alpha value is -2.22. The van der Waals surface area contributed by atoms with E-state index in [4.69, 9.17) is 25.1 Å². The number of para-hydroxylation sites is 1. The molecule has 43 heavy (non-hydrogen) atoms. The van der Waals surface area contributed by atoms with E-state index in [9.17, 15) is 14.4 Å². The summed E-state index contributed by atoms with van der Waals surface area (Å²) in [6.45, 7) is 6.53. The van der Waals surface area contributed by atoms with E-state index in [0.29, 0.717) is 25.0 Å². The summed E-state index contributed by atoms with van der Waals surface area (Å²) in [4.78, 5) is 47.1. The smallest absolute Gasteiger partial charge is 0.391 e. The Morgan fingerprint density at radius 2 is 0.791 bits per heavy atom. The molecule has 10 heteroatoms. The van der Waals surface area contributed by atoms with Crippen LogP contribution < -0.4 is 4.52 Å². The van der Waals surface area contributed by atoms with Crippen molar-refractivity contribution in [2.24, 2.45) is 0 Å². The first-order chi connectivity index (χ1) is 20.6. The van der Waals surface area contributed by atoms with Gasteiger partial charge in [-0.2, -0.15) is 0 Å². The second-order valence-corrected chi connectivity index (χ2v) is 11.1. The molecule has 9 nitrogen and oxygen atoms in total. The maximum Gasteiger partial charge on any atom is 0.391 e. The average Bonchev–Trinajstić information content (AvgIpc) is 2.95. The molecule has 0 heterocycles. The predicted molar refractivity (Wildman–Crippen MR) is 175 cm³/mol. The van der Waals surface area contributed by atoms with E-state index in [1.54, 1.807) is 24.3 Å². The highest BCUT2D eigenvalue weighted by atomic mass is 31.2. The molecule has 0 atom stereocenters. The SMILES string of the molecule is CCCCCCCCC(=O)O.CCCCCCCCC(=O)O.CCCCCCCCC(=O)O.OP(O)Oc1ccccc1. The standard InChI is InChI=1S/3C9H18O2.C6H7O3P/c3*1-2-3-4-5-6-7-8-9(10)11;7-10(8)9-6-4-2-1-3-5-6/h3*2-8H2,1H3,(H,10,11);1-5,7-8H. The molecule has 0 amide bonds. The summed E-state index contributed by atoms with van der Waals surface area (Å²) < 4.78 is 4.59. The Labute approximate surface area is 262 Å². The van der Waals surface area contributed by atoms with Gasteiger partial charge in [-0.15, -0.1) is 0 Å². The first-order valence-corrected chi connectivity index (χ1v) is 17.3. The van der Waals surface area contributed by atoms with Crippen LogP contribution in [0.3, 0.4) is 0 Å².